The van der Waals surface area contributed by atoms with Crippen molar-refractivity contribution in [3.05, 3.63) is 35.4 Å². The summed E-state index contributed by atoms with van der Waals surface area (Å²) >= 11 is 1.62. The van der Waals surface area contributed by atoms with Gasteiger partial charge in [-0.1, -0.05) is 29.8 Å². The van der Waals surface area contributed by atoms with Crippen LogP contribution in [0.15, 0.2) is 24.3 Å². The van der Waals surface area contributed by atoms with Gasteiger partial charge in [-0.3, -0.25) is 9.59 Å². The number of carbonyl (C=O) groups excluding carboxylic acids is 2. The number of aryl methyl sites for hydroxylation is 1. The van der Waals surface area contributed by atoms with Gasteiger partial charge in [-0.05, 0) is 30.9 Å². The van der Waals surface area contributed by atoms with Gasteiger partial charge in [0.2, 0.25) is 0 Å². The maximum Gasteiger partial charge on any atom is 0.306 e. The Morgan fingerprint density at radius 3 is 2.45 bits per heavy atom. The van der Waals surface area contributed by atoms with Crippen molar-refractivity contribution in [3.63, 3.8) is 0 Å². The summed E-state index contributed by atoms with van der Waals surface area (Å²) in [5.41, 5.74) is 2.01. The first-order valence-electron chi connectivity index (χ1n) is 6.79. The van der Waals surface area contributed by atoms with Crippen LogP contribution in [0.1, 0.15) is 35.2 Å². The maximum atomic E-state index is 12.0. The van der Waals surface area contributed by atoms with E-state index in [0.717, 1.165) is 29.7 Å². The van der Waals surface area contributed by atoms with E-state index in [4.69, 9.17) is 4.74 Å². The molecular weight excluding hydrogens is 272 g/mol. The average molecular weight is 292 g/mol. The van der Waals surface area contributed by atoms with E-state index in [-0.39, 0.29) is 17.2 Å². The number of rotatable bonds is 7. The van der Waals surface area contributed by atoms with Crippen molar-refractivity contribution >= 4 is 23.5 Å². The van der Waals surface area contributed by atoms with Crippen LogP contribution in [0.3, 0.4) is 0 Å². The predicted octanol–water partition coefficient (Wildman–Crippen LogP) is 3.25. The van der Waals surface area contributed by atoms with Crippen molar-refractivity contribution in [2.24, 2.45) is 5.41 Å². The SMILES string of the molecule is COC(=O)CC1(CSCC(=O)c2ccc(C)cc2)CC1. The Balaban J connectivity index is 1.77. The lowest BCUT2D eigenvalue weighted by atomic mass is 10.1. The van der Waals surface area contributed by atoms with Gasteiger partial charge >= 0.3 is 5.97 Å². The molecule has 0 amide bonds. The van der Waals surface area contributed by atoms with E-state index in [1.165, 1.54) is 7.11 Å². The molecule has 1 fully saturated rings. The summed E-state index contributed by atoms with van der Waals surface area (Å²) < 4.78 is 4.72. The van der Waals surface area contributed by atoms with Gasteiger partial charge in [0.05, 0.1) is 19.3 Å². The summed E-state index contributed by atoms with van der Waals surface area (Å²) in [6.45, 7) is 2.01. The van der Waals surface area contributed by atoms with Crippen molar-refractivity contribution in [2.75, 3.05) is 18.6 Å². The number of carbonyl (C=O) groups is 2. The van der Waals surface area contributed by atoms with Gasteiger partial charge in [0.15, 0.2) is 5.78 Å². The summed E-state index contributed by atoms with van der Waals surface area (Å²) in [6, 6.07) is 7.66. The largest absolute Gasteiger partial charge is 0.469 e. The van der Waals surface area contributed by atoms with E-state index < -0.39 is 0 Å². The number of benzene rings is 1. The van der Waals surface area contributed by atoms with Crippen LogP contribution in [0, 0.1) is 12.3 Å². The van der Waals surface area contributed by atoms with Gasteiger partial charge in [-0.2, -0.15) is 11.8 Å². The molecule has 0 heterocycles. The molecule has 0 aromatic heterocycles. The third-order valence-electron chi connectivity index (χ3n) is 3.72. The van der Waals surface area contributed by atoms with Crippen LogP contribution < -0.4 is 0 Å². The molecule has 0 bridgehead atoms. The number of methoxy groups -OCH3 is 1. The third-order valence-corrected chi connectivity index (χ3v) is 5.00. The Kier molecular flexibility index (Phi) is 4.86. The normalized spacial score (nSPS) is 15.7. The zero-order chi connectivity index (χ0) is 14.6. The fourth-order valence-electron chi connectivity index (χ4n) is 2.11. The minimum atomic E-state index is -0.145. The van der Waals surface area contributed by atoms with Gasteiger partial charge in [0.25, 0.3) is 0 Å². The van der Waals surface area contributed by atoms with Gasteiger partial charge in [0.1, 0.15) is 0 Å². The lowest BCUT2D eigenvalue weighted by Gasteiger charge is -2.12. The standard InChI is InChI=1S/C16H20O3S/c1-12-3-5-13(6-4-12)14(17)10-20-11-16(7-8-16)9-15(18)19-2/h3-6H,7-11H2,1-2H3. The molecule has 108 valence electrons. The van der Waals surface area contributed by atoms with Crippen molar-refractivity contribution in [1.29, 1.82) is 0 Å². The molecule has 0 atom stereocenters. The number of ketones is 1. The van der Waals surface area contributed by atoms with E-state index in [1.54, 1.807) is 11.8 Å². The van der Waals surface area contributed by atoms with Crippen molar-refractivity contribution in [3.8, 4) is 0 Å². The number of thioether (sulfide) groups is 1. The molecule has 3 nitrogen and oxygen atoms in total. The van der Waals surface area contributed by atoms with E-state index in [1.807, 2.05) is 31.2 Å². The summed E-state index contributed by atoms with van der Waals surface area (Å²) in [4.78, 5) is 23.3. The van der Waals surface area contributed by atoms with Crippen LogP contribution in [0.5, 0.6) is 0 Å². The lowest BCUT2D eigenvalue weighted by molar-refractivity contribution is -0.141. The van der Waals surface area contributed by atoms with Crippen LogP contribution in [0.25, 0.3) is 0 Å². The van der Waals surface area contributed by atoms with Crippen molar-refractivity contribution < 1.29 is 14.3 Å². The molecular formula is C16H20O3S. The topological polar surface area (TPSA) is 43.4 Å². The first-order chi connectivity index (χ1) is 9.54. The number of Topliss-reactive ketones (excluding diaryl/α,β-unsaturated/α-hetero) is 1. The lowest BCUT2D eigenvalue weighted by Crippen LogP contribution is -2.14. The molecule has 0 N–H and O–H groups in total. The molecule has 2 rings (SSSR count). The monoisotopic (exact) mass is 292 g/mol. The second kappa shape index (κ2) is 6.44. The van der Waals surface area contributed by atoms with Gasteiger partial charge in [-0.25, -0.2) is 0 Å². The molecule has 1 saturated carbocycles. The number of hydrogen-bond donors (Lipinski definition) is 0. The Morgan fingerprint density at radius 2 is 1.90 bits per heavy atom. The highest BCUT2D eigenvalue weighted by molar-refractivity contribution is 8.00. The second-order valence-electron chi connectivity index (χ2n) is 5.53. The van der Waals surface area contributed by atoms with Crippen LogP contribution in [-0.4, -0.2) is 30.4 Å². The molecule has 0 radical (unpaired) electrons. The highest BCUT2D eigenvalue weighted by Crippen LogP contribution is 2.51. The molecule has 1 aliphatic carbocycles. The zero-order valence-corrected chi connectivity index (χ0v) is 12.8. The average Bonchev–Trinajstić information content (AvgIpc) is 3.19. The summed E-state index contributed by atoms with van der Waals surface area (Å²) in [5.74, 6) is 1.35. The molecule has 1 aromatic rings. The molecule has 4 heteroatoms. The number of ether oxygens (including phenoxy) is 1. The van der Waals surface area contributed by atoms with E-state index in [0.29, 0.717) is 12.2 Å². The Morgan fingerprint density at radius 1 is 1.25 bits per heavy atom. The summed E-state index contributed by atoms with van der Waals surface area (Å²) in [6.07, 6.45) is 2.61. The van der Waals surface area contributed by atoms with Crippen LogP contribution in [0.4, 0.5) is 0 Å². The summed E-state index contributed by atoms with van der Waals surface area (Å²) in [7, 11) is 1.42. The first-order valence-corrected chi connectivity index (χ1v) is 7.95. The number of hydrogen-bond acceptors (Lipinski definition) is 4. The first kappa shape index (κ1) is 15.1. The van der Waals surface area contributed by atoms with Crippen LogP contribution in [0.2, 0.25) is 0 Å². The quantitative estimate of drug-likeness (QED) is 0.571. The highest BCUT2D eigenvalue weighted by atomic mass is 32.2. The highest BCUT2D eigenvalue weighted by Gasteiger charge is 2.44. The number of esters is 1. The molecule has 0 spiro atoms. The predicted molar refractivity (Wildman–Crippen MR) is 81.1 cm³/mol. The Bertz CT molecular complexity index is 489. The molecule has 1 aromatic carbocycles. The minimum absolute atomic E-state index is 0.0886. The fraction of sp³-hybridized carbons (Fsp3) is 0.500. The second-order valence-corrected chi connectivity index (χ2v) is 6.52. The zero-order valence-electron chi connectivity index (χ0n) is 12.0. The third kappa shape index (κ3) is 4.10. The Labute approximate surface area is 124 Å². The van der Waals surface area contributed by atoms with Crippen LogP contribution >= 0.6 is 11.8 Å². The van der Waals surface area contributed by atoms with E-state index >= 15 is 0 Å². The van der Waals surface area contributed by atoms with Crippen molar-refractivity contribution in [1.82, 2.24) is 0 Å². The molecule has 20 heavy (non-hydrogen) atoms. The molecule has 0 saturated heterocycles. The fourth-order valence-corrected chi connectivity index (χ4v) is 3.39. The summed E-state index contributed by atoms with van der Waals surface area (Å²) in [5, 5.41) is 0. The molecule has 1 aliphatic rings. The smallest absolute Gasteiger partial charge is 0.306 e. The minimum Gasteiger partial charge on any atom is -0.469 e. The maximum absolute atomic E-state index is 12.0. The Hall–Kier alpha value is -1.29. The van der Waals surface area contributed by atoms with E-state index in [9.17, 15) is 9.59 Å². The van der Waals surface area contributed by atoms with Crippen molar-refractivity contribution in [2.45, 2.75) is 26.2 Å². The van der Waals surface area contributed by atoms with Gasteiger partial charge in [-0.15, -0.1) is 0 Å². The van der Waals surface area contributed by atoms with E-state index in [2.05, 4.69) is 0 Å². The molecule has 0 unspecified atom stereocenters. The van der Waals surface area contributed by atoms with Gasteiger partial charge in [0, 0.05) is 5.56 Å². The molecule has 0 aliphatic heterocycles. The van der Waals surface area contributed by atoms with Gasteiger partial charge < -0.3 is 4.74 Å². The van der Waals surface area contributed by atoms with Crippen LogP contribution in [-0.2, 0) is 9.53 Å².